The van der Waals surface area contributed by atoms with Crippen LogP contribution in [0.2, 0.25) is 0 Å². The molecule has 2 unspecified atom stereocenters. The fraction of sp³-hybridized carbons (Fsp3) is 0.520. The topological polar surface area (TPSA) is 158 Å². The van der Waals surface area contributed by atoms with Crippen molar-refractivity contribution in [1.82, 2.24) is 4.31 Å². The molecule has 2 N–H and O–H groups in total. The Morgan fingerprint density at radius 3 is 2.57 bits per heavy atom. The first kappa shape index (κ1) is 28.6. The quantitative estimate of drug-likeness (QED) is 0.232. The summed E-state index contributed by atoms with van der Waals surface area (Å²) < 4.78 is 38.4. The Balaban J connectivity index is 1.76. The number of aliphatic hydroxyl groups excluding tert-OH is 1. The standard InChI is InChI=1S/C25H32N4O7S/c1-3-29(16-19-5-4-12-36-19)37(33,34)20-8-6-18(7-9-20)27-28-23-17(2)22(15-26)24(31)21(25(23)32)10-13-35-14-11-30/h6-9,19,21,27,30H,3-5,10-14,16H2,1-2H3/b28-23-. The third kappa shape index (κ3) is 6.68. The average molecular weight is 533 g/mol. The fourth-order valence-corrected chi connectivity index (χ4v) is 5.72. The number of sulfonamides is 1. The lowest BCUT2D eigenvalue weighted by atomic mass is 9.80. The molecule has 200 valence electrons. The van der Waals surface area contributed by atoms with E-state index in [2.05, 4.69) is 10.5 Å². The summed E-state index contributed by atoms with van der Waals surface area (Å²) in [6.45, 7) is 4.48. The molecule has 37 heavy (non-hydrogen) atoms. The Kier molecular flexibility index (Phi) is 10.1. The summed E-state index contributed by atoms with van der Waals surface area (Å²) in [7, 11) is -3.72. The summed E-state index contributed by atoms with van der Waals surface area (Å²) in [6.07, 6.45) is 1.70. The third-order valence-electron chi connectivity index (χ3n) is 6.31. The van der Waals surface area contributed by atoms with Gasteiger partial charge in [-0.3, -0.25) is 15.0 Å². The second-order valence-corrected chi connectivity index (χ2v) is 10.6. The van der Waals surface area contributed by atoms with Gasteiger partial charge < -0.3 is 14.6 Å². The van der Waals surface area contributed by atoms with Crippen LogP contribution in [0, 0.1) is 17.2 Å². The van der Waals surface area contributed by atoms with Crippen molar-refractivity contribution < 1.29 is 32.6 Å². The van der Waals surface area contributed by atoms with Crippen LogP contribution in [-0.2, 0) is 29.1 Å². The number of Topliss-reactive ketones (excluding diaryl/α,β-unsaturated/α-hetero) is 2. The van der Waals surface area contributed by atoms with Gasteiger partial charge in [-0.15, -0.1) is 0 Å². The predicted molar refractivity (Wildman–Crippen MR) is 135 cm³/mol. The minimum Gasteiger partial charge on any atom is -0.394 e. The van der Waals surface area contributed by atoms with E-state index in [0.29, 0.717) is 25.4 Å². The molecule has 1 aromatic rings. The van der Waals surface area contributed by atoms with E-state index in [9.17, 15) is 23.3 Å². The van der Waals surface area contributed by atoms with Crippen LogP contribution in [0.15, 0.2) is 45.4 Å². The number of hydrogen-bond donors (Lipinski definition) is 2. The molecular weight excluding hydrogens is 500 g/mol. The second kappa shape index (κ2) is 13.0. The number of ketones is 2. The van der Waals surface area contributed by atoms with E-state index in [0.717, 1.165) is 12.8 Å². The highest BCUT2D eigenvalue weighted by atomic mass is 32.2. The summed E-state index contributed by atoms with van der Waals surface area (Å²) in [5, 5.41) is 22.4. The minimum absolute atomic E-state index is 0.0475. The van der Waals surface area contributed by atoms with E-state index in [1.807, 2.05) is 6.07 Å². The number of nitrogens with zero attached hydrogens (tertiary/aromatic N) is 3. The maximum atomic E-state index is 13.1. The van der Waals surface area contributed by atoms with E-state index in [-0.39, 0.29) is 54.1 Å². The van der Waals surface area contributed by atoms with Crippen molar-refractivity contribution in [2.75, 3.05) is 44.9 Å². The van der Waals surface area contributed by atoms with Crippen molar-refractivity contribution in [2.24, 2.45) is 11.0 Å². The van der Waals surface area contributed by atoms with E-state index in [4.69, 9.17) is 14.6 Å². The minimum atomic E-state index is -3.72. The van der Waals surface area contributed by atoms with Crippen molar-refractivity contribution in [3.05, 3.63) is 35.4 Å². The first-order valence-corrected chi connectivity index (χ1v) is 13.6. The number of likely N-dealkylation sites (N-methyl/N-ethyl adjacent to an activating group) is 1. The largest absolute Gasteiger partial charge is 0.394 e. The molecule has 2 atom stereocenters. The zero-order valence-corrected chi connectivity index (χ0v) is 21.8. The molecule has 3 rings (SSSR count). The molecule has 1 aliphatic heterocycles. The number of carbonyl (C=O) groups excluding carboxylic acids is 2. The lowest BCUT2D eigenvalue weighted by Crippen LogP contribution is -2.38. The maximum Gasteiger partial charge on any atom is 0.243 e. The molecule has 0 aromatic heterocycles. The number of anilines is 1. The van der Waals surface area contributed by atoms with Crippen molar-refractivity contribution in [3.8, 4) is 6.07 Å². The van der Waals surface area contributed by atoms with Gasteiger partial charge in [-0.1, -0.05) is 6.92 Å². The molecule has 11 nitrogen and oxygen atoms in total. The Hall–Kier alpha value is -2.95. The predicted octanol–water partition coefficient (Wildman–Crippen LogP) is 1.65. The molecule has 1 fully saturated rings. The van der Waals surface area contributed by atoms with Crippen molar-refractivity contribution in [2.45, 2.75) is 44.1 Å². The smallest absolute Gasteiger partial charge is 0.243 e. The summed E-state index contributed by atoms with van der Waals surface area (Å²) in [4.78, 5) is 25.7. The highest BCUT2D eigenvalue weighted by Crippen LogP contribution is 2.25. The molecule has 0 spiro atoms. The van der Waals surface area contributed by atoms with Gasteiger partial charge in [-0.2, -0.15) is 14.7 Å². The molecule has 1 heterocycles. The number of ether oxygens (including phenoxy) is 2. The molecule has 12 heteroatoms. The molecule has 0 amide bonds. The number of rotatable bonds is 12. The molecule has 1 aliphatic carbocycles. The van der Waals surface area contributed by atoms with Gasteiger partial charge in [-0.25, -0.2) is 8.42 Å². The summed E-state index contributed by atoms with van der Waals surface area (Å²) >= 11 is 0. The molecule has 0 radical (unpaired) electrons. The van der Waals surface area contributed by atoms with Gasteiger partial charge in [0.05, 0.1) is 35.8 Å². The van der Waals surface area contributed by atoms with Crippen molar-refractivity contribution >= 4 is 33.0 Å². The van der Waals surface area contributed by atoms with Crippen LogP contribution >= 0.6 is 0 Å². The Morgan fingerprint density at radius 2 is 1.97 bits per heavy atom. The number of hydrazone groups is 1. The number of nitriles is 1. The van der Waals surface area contributed by atoms with Crippen LogP contribution in [0.1, 0.15) is 33.1 Å². The second-order valence-electron chi connectivity index (χ2n) is 8.70. The van der Waals surface area contributed by atoms with Crippen LogP contribution in [0.3, 0.4) is 0 Å². The molecule has 1 aromatic carbocycles. The van der Waals surface area contributed by atoms with Crippen LogP contribution in [0.25, 0.3) is 0 Å². The summed E-state index contributed by atoms with van der Waals surface area (Å²) in [5.41, 5.74) is 3.14. The highest BCUT2D eigenvalue weighted by molar-refractivity contribution is 7.89. The van der Waals surface area contributed by atoms with Gasteiger partial charge in [0.1, 0.15) is 17.4 Å². The first-order valence-electron chi connectivity index (χ1n) is 12.2. The maximum absolute atomic E-state index is 13.1. The molecular formula is C25H32N4O7S. The van der Waals surface area contributed by atoms with Gasteiger partial charge in [0.2, 0.25) is 10.0 Å². The van der Waals surface area contributed by atoms with Crippen LogP contribution in [0.4, 0.5) is 5.69 Å². The SMILES string of the molecule is CCN(CC1CCCO1)S(=O)(=O)c1ccc(N/N=C2\C(=O)C(CCOCCO)C(=O)C(C#N)=C2C)cc1. The van der Waals surface area contributed by atoms with Gasteiger partial charge in [0.25, 0.3) is 0 Å². The molecule has 1 saturated heterocycles. The zero-order chi connectivity index (χ0) is 27.0. The van der Waals surface area contributed by atoms with Crippen molar-refractivity contribution in [1.29, 1.82) is 5.26 Å². The first-order chi connectivity index (χ1) is 17.7. The van der Waals surface area contributed by atoms with Gasteiger partial charge in [-0.05, 0) is 50.5 Å². The van der Waals surface area contributed by atoms with Crippen molar-refractivity contribution in [3.63, 3.8) is 0 Å². The third-order valence-corrected chi connectivity index (χ3v) is 8.27. The van der Waals surface area contributed by atoms with E-state index in [1.165, 1.54) is 35.5 Å². The number of benzene rings is 1. The van der Waals surface area contributed by atoms with E-state index >= 15 is 0 Å². The number of hydrogen-bond acceptors (Lipinski definition) is 10. The van der Waals surface area contributed by atoms with Crippen LogP contribution in [-0.4, -0.2) is 80.7 Å². The van der Waals surface area contributed by atoms with Gasteiger partial charge in [0.15, 0.2) is 11.6 Å². The normalized spacial score (nSPS) is 21.6. The number of carbonyl (C=O) groups is 2. The summed E-state index contributed by atoms with van der Waals surface area (Å²) in [6, 6.07) is 7.82. The van der Waals surface area contributed by atoms with Crippen LogP contribution < -0.4 is 5.43 Å². The van der Waals surface area contributed by atoms with Gasteiger partial charge >= 0.3 is 0 Å². The highest BCUT2D eigenvalue weighted by Gasteiger charge is 2.39. The number of nitrogens with one attached hydrogen (secondary N) is 1. The lowest BCUT2D eigenvalue weighted by Gasteiger charge is -2.23. The average Bonchev–Trinajstić information content (AvgIpc) is 3.40. The summed E-state index contributed by atoms with van der Waals surface area (Å²) in [5.74, 6) is -2.21. The van der Waals surface area contributed by atoms with Gasteiger partial charge in [0, 0.05) is 31.9 Å². The zero-order valence-electron chi connectivity index (χ0n) is 21.0. The molecule has 2 aliphatic rings. The van der Waals surface area contributed by atoms with E-state index < -0.39 is 27.5 Å². The molecule has 0 bridgehead atoms. The van der Waals surface area contributed by atoms with E-state index in [1.54, 1.807) is 6.92 Å². The molecule has 0 saturated carbocycles. The fourth-order valence-electron chi connectivity index (χ4n) is 4.24. The Labute approximate surface area is 216 Å². The van der Waals surface area contributed by atoms with Crippen LogP contribution in [0.5, 0.6) is 0 Å². The Morgan fingerprint density at radius 1 is 1.24 bits per heavy atom. The number of aliphatic hydroxyl groups is 1. The monoisotopic (exact) mass is 532 g/mol. The lowest BCUT2D eigenvalue weighted by molar-refractivity contribution is -0.128. The Bertz CT molecular complexity index is 1200. The number of allylic oxidation sites excluding steroid dienone is 2.